The van der Waals surface area contributed by atoms with E-state index in [4.69, 9.17) is 14.2 Å². The number of esters is 2. The second-order valence-corrected chi connectivity index (χ2v) is 50.4. The summed E-state index contributed by atoms with van der Waals surface area (Å²) in [5.74, 6) is 16.5. The van der Waals surface area contributed by atoms with Crippen LogP contribution in [-0.2, 0) is 23.8 Å². The van der Waals surface area contributed by atoms with Crippen LogP contribution in [0.2, 0.25) is 0 Å². The van der Waals surface area contributed by atoms with E-state index in [9.17, 15) is 45.3 Å². The molecule has 14 unspecified atom stereocenters. The Bertz CT molecular complexity index is 2830. The molecule has 0 aliphatic heterocycles. The Kier molecular flexibility index (Phi) is 54.4. The van der Waals surface area contributed by atoms with Crippen LogP contribution in [0.4, 0.5) is 0 Å². The first-order valence-electron chi connectivity index (χ1n) is 55.9. The molecule has 14 heteroatoms. The van der Waals surface area contributed by atoms with E-state index in [1.165, 1.54) is 289 Å². The molecule has 12 saturated carbocycles. The maximum absolute atomic E-state index is 12.3. The Balaban J connectivity index is -0.000000302. The molecule has 12 aliphatic rings. The Morgan fingerprint density at radius 2 is 0.698 bits per heavy atom. The maximum atomic E-state index is 12.3. The molecular weight excluding hydrogens is 1620 g/mol. The molecule has 0 aromatic carbocycles. The van der Waals surface area contributed by atoms with E-state index in [1.54, 1.807) is 0 Å². The van der Waals surface area contributed by atoms with Gasteiger partial charge in [-0.25, -0.2) is 0 Å². The SMILES string of the molecule is CC(=O)OCC1CC(C)C(O)C(C)C1.CC(C)(C1CCCCC1)C1CC(C(C)(C)C2CCCCC2)C(O)C(C(C)(C)C2CCCCC2)C1.CC1CC(C2CCCCC2)C(O)C(C2CCCCC2)C1.CC1CC(CN(C)C)CC(C)C1O.CCCCCCCCOCCC1CC(C)C(O)C(C)C1.CCOC(=O)CCC1CC(C)C(O)C(C)C1.CSCC1CC(C)C(O)C(C)C1.[HH].[HH].[HH].[HH].[HH].[HH].[HH].[HH].[HH].[HH].[HH].[HH]. The summed E-state index contributed by atoms with van der Waals surface area (Å²) < 4.78 is 15.7. The molecule has 13 nitrogen and oxygen atoms in total. The molecule has 784 valence electrons. The number of thioether (sulfide) groups is 1. The number of aliphatic hydroxyl groups is 7. The molecule has 12 fully saturated rings. The van der Waals surface area contributed by atoms with E-state index in [0.29, 0.717) is 120 Å². The predicted molar refractivity (Wildman–Crippen MR) is 570 cm³/mol. The molecule has 0 bridgehead atoms. The van der Waals surface area contributed by atoms with Gasteiger partial charge < -0.3 is 54.9 Å². The first-order valence-corrected chi connectivity index (χ1v) is 57.3. The number of carbonyl (C=O) groups is 2. The van der Waals surface area contributed by atoms with Gasteiger partial charge in [-0.1, -0.05) is 279 Å². The molecule has 7 N–H and O–H groups in total. The Morgan fingerprint density at radius 3 is 1.05 bits per heavy atom. The fourth-order valence-corrected chi connectivity index (χ4v) is 30.0. The minimum absolute atomic E-state index is 0. The van der Waals surface area contributed by atoms with Crippen LogP contribution in [0, 0.1) is 170 Å². The zero-order valence-corrected chi connectivity index (χ0v) is 89.6. The highest BCUT2D eigenvalue weighted by molar-refractivity contribution is 7.98. The zero-order chi connectivity index (χ0) is 95.3. The van der Waals surface area contributed by atoms with Gasteiger partial charge >= 0.3 is 11.9 Å². The topological polar surface area (TPSA) is 207 Å². The first kappa shape index (κ1) is 117. The number of hydrogen-bond acceptors (Lipinski definition) is 14. The lowest BCUT2D eigenvalue weighted by Crippen LogP contribution is -2.55. The molecule has 0 spiro atoms. The van der Waals surface area contributed by atoms with Gasteiger partial charge in [-0.2, -0.15) is 11.8 Å². The summed E-state index contributed by atoms with van der Waals surface area (Å²) in [6, 6.07) is 0. The molecule has 14 atom stereocenters. The zero-order valence-electron chi connectivity index (χ0n) is 88.8. The van der Waals surface area contributed by atoms with Crippen molar-refractivity contribution in [1.82, 2.24) is 4.90 Å². The Hall–Kier alpha value is -1.07. The summed E-state index contributed by atoms with van der Waals surface area (Å²) in [4.78, 5) is 24.1. The third-order valence-electron chi connectivity index (χ3n) is 37.4. The van der Waals surface area contributed by atoms with E-state index >= 15 is 0 Å². The van der Waals surface area contributed by atoms with Crippen LogP contribution in [0.25, 0.3) is 0 Å². The summed E-state index contributed by atoms with van der Waals surface area (Å²) >= 11 is 1.93. The lowest BCUT2D eigenvalue weighted by Gasteiger charge is -2.58. The van der Waals surface area contributed by atoms with Gasteiger partial charge in [0.1, 0.15) is 0 Å². The van der Waals surface area contributed by atoms with Crippen LogP contribution in [0.3, 0.4) is 0 Å². The lowest BCUT2D eigenvalue weighted by molar-refractivity contribution is -0.144. The number of unbranched alkanes of at least 4 members (excludes halogenated alkanes) is 5. The molecule has 0 aromatic rings. The van der Waals surface area contributed by atoms with E-state index in [1.807, 2.05) is 18.7 Å². The van der Waals surface area contributed by atoms with Crippen molar-refractivity contribution in [3.63, 3.8) is 0 Å². The average Bonchev–Trinajstić information content (AvgIpc) is 0.738. The van der Waals surface area contributed by atoms with Crippen molar-refractivity contribution in [3.05, 3.63) is 0 Å². The highest BCUT2D eigenvalue weighted by Crippen LogP contribution is 2.61. The molecule has 0 saturated heterocycles. The van der Waals surface area contributed by atoms with Crippen molar-refractivity contribution >= 4 is 23.7 Å². The summed E-state index contributed by atoms with van der Waals surface area (Å²) in [6.45, 7) is 48.9. The summed E-state index contributed by atoms with van der Waals surface area (Å²) in [7, 11) is 4.25. The van der Waals surface area contributed by atoms with Crippen LogP contribution >= 0.6 is 11.8 Å². The van der Waals surface area contributed by atoms with Crippen LogP contribution in [-0.4, -0.2) is 154 Å². The van der Waals surface area contributed by atoms with Crippen LogP contribution in [0.15, 0.2) is 0 Å². The van der Waals surface area contributed by atoms with Gasteiger partial charge in [-0.15, -0.1) is 0 Å². The lowest BCUT2D eigenvalue weighted by atomic mass is 9.48. The highest BCUT2D eigenvalue weighted by atomic mass is 32.2. The number of carbonyl (C=O) groups excluding carboxylic acids is 2. The molecule has 0 heterocycles. The van der Waals surface area contributed by atoms with Gasteiger partial charge in [0.15, 0.2) is 0 Å². The Morgan fingerprint density at radius 1 is 0.364 bits per heavy atom. The first-order chi connectivity index (χ1) is 61.2. The predicted octanol–water partition coefficient (Wildman–Crippen LogP) is 30.7. The molecule has 12 rings (SSSR count). The Labute approximate surface area is 819 Å². The summed E-state index contributed by atoms with van der Waals surface area (Å²) in [6.07, 6.45) is 63.7. The normalized spacial score (nSPS) is 36.8. The van der Waals surface area contributed by atoms with E-state index in [-0.39, 0.29) is 82.6 Å². The van der Waals surface area contributed by atoms with Crippen LogP contribution in [0.5, 0.6) is 0 Å². The maximum Gasteiger partial charge on any atom is 0.305 e. The molecule has 129 heavy (non-hydrogen) atoms. The average molecular weight is 1860 g/mol. The highest BCUT2D eigenvalue weighted by Gasteiger charge is 2.56. The van der Waals surface area contributed by atoms with E-state index < -0.39 is 0 Å². The minimum atomic E-state index is -0.212. The van der Waals surface area contributed by atoms with Gasteiger partial charge in [0, 0.05) is 50.2 Å². The number of aliphatic hydroxyl groups excluding tert-OH is 7. The molecule has 0 aromatic heterocycles. The van der Waals surface area contributed by atoms with Gasteiger partial charge in [0.2, 0.25) is 0 Å². The fourth-order valence-electron chi connectivity index (χ4n) is 29.2. The van der Waals surface area contributed by atoms with Crippen molar-refractivity contribution in [2.45, 2.75) is 489 Å². The van der Waals surface area contributed by atoms with Crippen molar-refractivity contribution in [3.8, 4) is 0 Å². The standard InChI is InChI=1S/C33H60O.C19H34O.C18H36O2.C13H24O3.C11H23NO.C11H20O3.C10H20OS.12H2/c1-31(2,24-16-10-7-11-17-24)27-22-28(32(3,4)25-18-12-8-13-19-25)30(34)29(23-27)33(5,6)26-20-14-9-15-21-26;1-14-12-17(15-8-4-2-5-9-15)19(20)18(13-14)16-10-6-3-7-11-16;1-4-5-6-7-8-9-11-20-12-10-17-13-15(2)18(19)16(3)14-17;1-4-16-12(14)6-5-11-7-9(2)13(15)10(3)8-11;1-8-5-10(7-12(3)4)6-9(2)11(8)13;1-7-4-10(6-14-9(3)12)5-8(2)11(7)13;1-7-4-9(6-12-3)5-8(2)10(7)11;;;;;;;;;;;;/h24-30,34H,7-23H2,1-6H3;14-20H,2-13H2,1H3;15-19H,4-14H2,1-3H3;9-11,13,15H,4-8H2,1-3H3;8-11,13H,5-7H2,1-4H3;7-8,10-11,13H,4-6H2,1-3H3;7-11H,4-6H2,1-3H3;12*1H. The molecule has 0 radical (unpaired) electrons. The van der Waals surface area contributed by atoms with E-state index in [0.717, 1.165) is 104 Å². The second-order valence-electron chi connectivity index (χ2n) is 49.5. The van der Waals surface area contributed by atoms with E-state index in [2.05, 4.69) is 150 Å². The van der Waals surface area contributed by atoms with Crippen molar-refractivity contribution in [2.75, 3.05) is 59.1 Å². The quantitative estimate of drug-likeness (QED) is 0.0288. The largest absolute Gasteiger partial charge is 0.466 e. The monoisotopic (exact) mass is 1860 g/mol. The van der Waals surface area contributed by atoms with Crippen LogP contribution < -0.4 is 0 Å². The number of nitrogens with zero attached hydrogens (tertiary/aromatic N) is 1. The second kappa shape index (κ2) is 60.2. The van der Waals surface area contributed by atoms with Crippen LogP contribution in [0.1, 0.15) is 464 Å². The fraction of sp³-hybridized carbons (Fsp3) is 0.983. The van der Waals surface area contributed by atoms with Gasteiger partial charge in [0.05, 0.1) is 55.9 Å². The summed E-state index contributed by atoms with van der Waals surface area (Å²) in [5, 5.41) is 72.3. The third kappa shape index (κ3) is 38.8. The van der Waals surface area contributed by atoms with Gasteiger partial charge in [-0.3, -0.25) is 9.59 Å². The smallest absolute Gasteiger partial charge is 0.305 e. The number of hydrogen-bond donors (Lipinski definition) is 7. The molecule has 0 amide bonds. The number of ether oxygens (including phenoxy) is 3. The summed E-state index contributed by atoms with van der Waals surface area (Å²) in [5.41, 5.74) is 0.909. The van der Waals surface area contributed by atoms with Crippen molar-refractivity contribution in [2.24, 2.45) is 170 Å². The minimum Gasteiger partial charge on any atom is -0.466 e. The van der Waals surface area contributed by atoms with Crippen molar-refractivity contribution < 1.29 is 76.7 Å². The third-order valence-corrected chi connectivity index (χ3v) is 38.2. The van der Waals surface area contributed by atoms with Crippen molar-refractivity contribution in [1.29, 1.82) is 0 Å². The number of rotatable bonds is 28. The van der Waals surface area contributed by atoms with Gasteiger partial charge in [-0.05, 0) is 351 Å². The molecular formula is C115H241NO12S. The molecule has 12 aliphatic carbocycles. The van der Waals surface area contributed by atoms with Gasteiger partial charge in [0.25, 0.3) is 0 Å².